The first-order valence-corrected chi connectivity index (χ1v) is 10.8. The van der Waals surface area contributed by atoms with Crippen LogP contribution in [0.4, 0.5) is 17.1 Å². The van der Waals surface area contributed by atoms with Crippen molar-refractivity contribution in [3.8, 4) is 17.2 Å². The number of carbonyl (C=O) groups is 1. The van der Waals surface area contributed by atoms with E-state index in [1.54, 1.807) is 18.2 Å². The van der Waals surface area contributed by atoms with Crippen molar-refractivity contribution in [3.05, 3.63) is 97.4 Å². The van der Waals surface area contributed by atoms with Gasteiger partial charge in [-0.2, -0.15) is 0 Å². The van der Waals surface area contributed by atoms with Gasteiger partial charge in [0.05, 0.1) is 33.6 Å². The predicted octanol–water partition coefficient (Wildman–Crippen LogP) is 5.20. The summed E-state index contributed by atoms with van der Waals surface area (Å²) >= 11 is 1.16. The fourth-order valence-corrected chi connectivity index (χ4v) is 3.92. The lowest BCUT2D eigenvalue weighted by atomic mass is 10.2. The maximum Gasteiger partial charge on any atom is 0.318 e. The van der Waals surface area contributed by atoms with Crippen LogP contribution in [0.25, 0.3) is 6.08 Å². The Hall–Kier alpha value is -4.71. The molecule has 1 aliphatic rings. The fraction of sp³-hybridized carbons (Fsp3) is 0.0435. The Morgan fingerprint density at radius 1 is 0.943 bits per heavy atom. The van der Waals surface area contributed by atoms with Crippen LogP contribution in [-0.2, 0) is 4.79 Å². The molecule has 0 radical (unpaired) electrons. The number of benzene rings is 3. The van der Waals surface area contributed by atoms with Gasteiger partial charge in [-0.05, 0) is 53.7 Å². The Labute approximate surface area is 202 Å². The number of aliphatic imine (C=N–C) groups is 1. The summed E-state index contributed by atoms with van der Waals surface area (Å²) in [4.78, 5) is 38.1. The Kier molecular flexibility index (Phi) is 6.73. The van der Waals surface area contributed by atoms with E-state index < -0.39 is 21.2 Å². The topological polar surface area (TPSA) is 146 Å². The molecular weight excluding hydrogens is 476 g/mol. The van der Waals surface area contributed by atoms with E-state index in [2.05, 4.69) is 10.3 Å². The lowest BCUT2D eigenvalue weighted by Gasteiger charge is -2.11. The summed E-state index contributed by atoms with van der Waals surface area (Å²) in [6.45, 7) is 0. The van der Waals surface area contributed by atoms with Crippen LogP contribution in [0.5, 0.6) is 17.2 Å². The Morgan fingerprint density at radius 2 is 1.69 bits per heavy atom. The SMILES string of the molecule is COc1ccc(/C=C2\SC(=Nc3ccccc3)NC2=O)cc1Oc1ccc([N+](=O)[O-])cc1[N+](=O)[O-]. The normalized spacial score (nSPS) is 15.2. The molecule has 0 atom stereocenters. The summed E-state index contributed by atoms with van der Waals surface area (Å²) in [6.07, 6.45) is 1.62. The van der Waals surface area contributed by atoms with Gasteiger partial charge in [0.2, 0.25) is 5.75 Å². The molecule has 35 heavy (non-hydrogen) atoms. The average molecular weight is 492 g/mol. The minimum atomic E-state index is -0.770. The Bertz CT molecular complexity index is 1390. The molecular formula is C23H16N4O7S. The largest absolute Gasteiger partial charge is 0.493 e. The van der Waals surface area contributed by atoms with Crippen LogP contribution >= 0.6 is 11.8 Å². The average Bonchev–Trinajstić information content (AvgIpc) is 3.18. The van der Waals surface area contributed by atoms with Gasteiger partial charge >= 0.3 is 5.69 Å². The number of thioether (sulfide) groups is 1. The second kappa shape index (κ2) is 10.1. The Balaban J connectivity index is 1.63. The van der Waals surface area contributed by atoms with E-state index in [9.17, 15) is 25.0 Å². The van der Waals surface area contributed by atoms with E-state index in [-0.39, 0.29) is 23.2 Å². The summed E-state index contributed by atoms with van der Waals surface area (Å²) in [7, 11) is 1.40. The molecule has 0 aromatic heterocycles. The minimum Gasteiger partial charge on any atom is -0.493 e. The van der Waals surface area contributed by atoms with Crippen LogP contribution in [-0.4, -0.2) is 28.0 Å². The highest BCUT2D eigenvalue weighted by atomic mass is 32.2. The van der Waals surface area contributed by atoms with Crippen LogP contribution in [0.15, 0.2) is 76.6 Å². The molecule has 0 aliphatic carbocycles. The smallest absolute Gasteiger partial charge is 0.318 e. The molecule has 4 rings (SSSR count). The first kappa shape index (κ1) is 23.4. The molecule has 0 spiro atoms. The van der Waals surface area contributed by atoms with E-state index in [4.69, 9.17) is 9.47 Å². The summed E-state index contributed by atoms with van der Waals surface area (Å²) in [5.41, 5.74) is 0.245. The number of hydrogen-bond donors (Lipinski definition) is 1. The quantitative estimate of drug-likeness (QED) is 0.269. The zero-order valence-electron chi connectivity index (χ0n) is 18.0. The molecule has 3 aromatic rings. The van der Waals surface area contributed by atoms with Crippen molar-refractivity contribution in [1.29, 1.82) is 0 Å². The molecule has 1 fully saturated rings. The number of nitrogens with one attached hydrogen (secondary N) is 1. The minimum absolute atomic E-state index is 0.125. The van der Waals surface area contributed by atoms with Gasteiger partial charge in [-0.15, -0.1) is 0 Å². The maximum atomic E-state index is 12.4. The number of hydrogen-bond acceptors (Lipinski definition) is 9. The van der Waals surface area contributed by atoms with Crippen molar-refractivity contribution >= 4 is 46.0 Å². The van der Waals surface area contributed by atoms with Crippen molar-refractivity contribution in [2.45, 2.75) is 0 Å². The lowest BCUT2D eigenvalue weighted by molar-refractivity contribution is -0.394. The van der Waals surface area contributed by atoms with E-state index in [1.807, 2.05) is 30.3 Å². The van der Waals surface area contributed by atoms with Gasteiger partial charge in [0.15, 0.2) is 16.7 Å². The summed E-state index contributed by atoms with van der Waals surface area (Å²) in [5.74, 6) is -0.127. The van der Waals surface area contributed by atoms with Gasteiger partial charge in [-0.25, -0.2) is 4.99 Å². The highest BCUT2D eigenvalue weighted by Gasteiger charge is 2.25. The number of ether oxygens (including phenoxy) is 2. The number of nitro groups is 2. The van der Waals surface area contributed by atoms with Gasteiger partial charge in [-0.1, -0.05) is 24.3 Å². The van der Waals surface area contributed by atoms with E-state index >= 15 is 0 Å². The molecule has 3 aromatic carbocycles. The highest BCUT2D eigenvalue weighted by Crippen LogP contribution is 2.39. The van der Waals surface area contributed by atoms with E-state index in [1.165, 1.54) is 13.2 Å². The summed E-state index contributed by atoms with van der Waals surface area (Å²) in [6, 6.07) is 17.0. The van der Waals surface area contributed by atoms with Crippen molar-refractivity contribution in [3.63, 3.8) is 0 Å². The number of amidine groups is 1. The molecule has 176 valence electrons. The third-order valence-corrected chi connectivity index (χ3v) is 5.60. The molecule has 1 aliphatic heterocycles. The molecule has 1 heterocycles. The number of methoxy groups -OCH3 is 1. The van der Waals surface area contributed by atoms with Gasteiger partial charge in [-0.3, -0.25) is 25.0 Å². The molecule has 1 amide bonds. The summed E-state index contributed by atoms with van der Waals surface area (Å²) < 4.78 is 11.0. The third kappa shape index (κ3) is 5.45. The maximum absolute atomic E-state index is 12.4. The lowest BCUT2D eigenvalue weighted by Crippen LogP contribution is -2.19. The number of para-hydroxylation sites is 1. The van der Waals surface area contributed by atoms with Gasteiger partial charge < -0.3 is 14.8 Å². The molecule has 12 heteroatoms. The molecule has 0 bridgehead atoms. The number of nitro benzene ring substituents is 2. The van der Waals surface area contributed by atoms with Crippen molar-refractivity contribution in [2.24, 2.45) is 4.99 Å². The number of carbonyl (C=O) groups excluding carboxylic acids is 1. The van der Waals surface area contributed by atoms with Crippen LogP contribution in [0.1, 0.15) is 5.56 Å². The van der Waals surface area contributed by atoms with Crippen molar-refractivity contribution < 1.29 is 24.1 Å². The Morgan fingerprint density at radius 3 is 2.37 bits per heavy atom. The molecule has 0 unspecified atom stereocenters. The van der Waals surface area contributed by atoms with Crippen LogP contribution in [0.2, 0.25) is 0 Å². The van der Waals surface area contributed by atoms with Crippen LogP contribution in [0.3, 0.4) is 0 Å². The second-order valence-electron chi connectivity index (χ2n) is 7.00. The van der Waals surface area contributed by atoms with E-state index in [0.717, 1.165) is 30.0 Å². The first-order chi connectivity index (χ1) is 16.8. The second-order valence-corrected chi connectivity index (χ2v) is 8.03. The monoisotopic (exact) mass is 492 g/mol. The third-order valence-electron chi connectivity index (χ3n) is 4.69. The zero-order chi connectivity index (χ0) is 24.9. The van der Waals surface area contributed by atoms with Gasteiger partial charge in [0, 0.05) is 6.07 Å². The number of non-ortho nitro benzene ring substituents is 1. The molecule has 1 saturated heterocycles. The number of amides is 1. The fourth-order valence-electron chi connectivity index (χ4n) is 3.08. The molecule has 11 nitrogen and oxygen atoms in total. The zero-order valence-corrected chi connectivity index (χ0v) is 18.9. The number of nitrogens with zero attached hydrogens (tertiary/aromatic N) is 3. The van der Waals surface area contributed by atoms with Crippen LogP contribution < -0.4 is 14.8 Å². The number of rotatable bonds is 7. The predicted molar refractivity (Wildman–Crippen MR) is 130 cm³/mol. The van der Waals surface area contributed by atoms with Gasteiger partial charge in [0.1, 0.15) is 0 Å². The summed E-state index contributed by atoms with van der Waals surface area (Å²) in [5, 5.41) is 25.6. The van der Waals surface area contributed by atoms with Crippen molar-refractivity contribution in [1.82, 2.24) is 5.32 Å². The standard InChI is InChI=1S/C23H16N4O7S/c1-33-19-9-7-14(12-21-22(28)25-23(35-21)24-15-5-3-2-4-6-15)11-20(19)34-18-10-8-16(26(29)30)13-17(18)27(31)32/h2-13H,1H3,(H,24,25,28)/b21-12-. The molecule has 0 saturated carbocycles. The van der Waals surface area contributed by atoms with Crippen molar-refractivity contribution in [2.75, 3.05) is 7.11 Å². The van der Waals surface area contributed by atoms with Crippen LogP contribution in [0, 0.1) is 20.2 Å². The van der Waals surface area contributed by atoms with Gasteiger partial charge in [0.25, 0.3) is 11.6 Å². The van der Waals surface area contributed by atoms with E-state index in [0.29, 0.717) is 21.3 Å². The molecule has 1 N–H and O–H groups in total. The first-order valence-electron chi connectivity index (χ1n) is 9.97. The highest BCUT2D eigenvalue weighted by molar-refractivity contribution is 8.18.